The third kappa shape index (κ3) is 5.62. The number of thiophene rings is 1. The van der Waals surface area contributed by atoms with E-state index in [4.69, 9.17) is 5.73 Å². The highest BCUT2D eigenvalue weighted by atomic mass is 32.1. The quantitative estimate of drug-likeness (QED) is 0.433. The van der Waals surface area contributed by atoms with Crippen LogP contribution in [0.4, 0.5) is 17.6 Å². The minimum absolute atomic E-state index is 0.0874. The van der Waals surface area contributed by atoms with Crippen molar-refractivity contribution in [2.75, 3.05) is 13.6 Å². The van der Waals surface area contributed by atoms with E-state index in [1.165, 1.54) is 28.2 Å². The molecule has 3 aromatic rings. The number of rotatable bonds is 5. The average Bonchev–Trinajstić information content (AvgIpc) is 3.33. The molecular weight excluding hydrogens is 444 g/mol. The molecule has 4 rings (SSSR count). The number of nitrogens with two attached hydrogens (primary N) is 1. The van der Waals surface area contributed by atoms with Gasteiger partial charge in [-0.2, -0.15) is 18.3 Å². The number of alkyl halides is 3. The van der Waals surface area contributed by atoms with Gasteiger partial charge in [-0.3, -0.25) is 9.48 Å². The first kappa shape index (κ1) is 24.1. The highest BCUT2D eigenvalue weighted by Gasteiger charge is 2.38. The molecule has 0 saturated carbocycles. The van der Waals surface area contributed by atoms with Gasteiger partial charge < -0.3 is 11.1 Å². The summed E-state index contributed by atoms with van der Waals surface area (Å²) in [5.41, 5.74) is 6.34. The molecule has 32 heavy (non-hydrogen) atoms. The van der Waals surface area contributed by atoms with Gasteiger partial charge in [0.25, 0.3) is 0 Å². The summed E-state index contributed by atoms with van der Waals surface area (Å²) in [6.45, 7) is 1.02. The molecule has 0 radical (unpaired) electrons. The van der Waals surface area contributed by atoms with Crippen molar-refractivity contribution in [3.63, 3.8) is 0 Å². The maximum absolute atomic E-state index is 13.0. The van der Waals surface area contributed by atoms with Crippen LogP contribution in [0.1, 0.15) is 32.1 Å². The fourth-order valence-corrected chi connectivity index (χ4v) is 4.60. The molecule has 0 spiro atoms. The van der Waals surface area contributed by atoms with E-state index in [0.717, 1.165) is 29.5 Å². The minimum Gasteiger partial charge on any atom is -0.329 e. The molecule has 0 amide bonds. The van der Waals surface area contributed by atoms with E-state index in [0.29, 0.717) is 36.2 Å². The van der Waals surface area contributed by atoms with Gasteiger partial charge in [-0.25, -0.2) is 4.39 Å². The number of nitrogens with zero attached hydrogens (tertiary/aromatic N) is 2. The lowest BCUT2D eigenvalue weighted by Gasteiger charge is -2.13. The first-order valence-electron chi connectivity index (χ1n) is 10.1. The molecule has 3 heterocycles. The van der Waals surface area contributed by atoms with Crippen LogP contribution in [0.15, 0.2) is 36.5 Å². The summed E-state index contributed by atoms with van der Waals surface area (Å²) in [5, 5.41) is 6.90. The van der Waals surface area contributed by atoms with Crippen LogP contribution in [0.2, 0.25) is 0 Å². The van der Waals surface area contributed by atoms with Gasteiger partial charge in [-0.15, -0.1) is 11.3 Å². The van der Waals surface area contributed by atoms with Gasteiger partial charge in [0.2, 0.25) is 0 Å². The molecule has 10 heteroatoms. The number of aryl methyl sites for hydroxylation is 2. The normalized spacial score (nSPS) is 13.9. The van der Waals surface area contributed by atoms with Gasteiger partial charge in [0.1, 0.15) is 11.4 Å². The number of carbonyl (C=O) groups excluding carboxylic acids is 1. The Bertz CT molecular complexity index is 1060. The van der Waals surface area contributed by atoms with E-state index in [1.807, 2.05) is 13.1 Å². The van der Waals surface area contributed by atoms with Crippen LogP contribution in [0, 0.1) is 5.82 Å². The first-order chi connectivity index (χ1) is 15.3. The van der Waals surface area contributed by atoms with Crippen molar-refractivity contribution < 1.29 is 22.4 Å². The van der Waals surface area contributed by atoms with Crippen molar-refractivity contribution >= 4 is 17.6 Å². The standard InChI is InChI=1S/C12H9F3N2OS.C10H15FN2/c13-12(14,15)9-5-16-17-3-1-2-10-8(11(9)17)4-7(6-18)19-10;1-13-10(7-12)6-8-3-2-4-9(11)5-8/h4-6H,1-3H2;2-5,10,13H,6-7,12H2,1H3. The average molecular weight is 469 g/mol. The third-order valence-electron chi connectivity index (χ3n) is 5.18. The highest BCUT2D eigenvalue weighted by molar-refractivity contribution is 7.14. The summed E-state index contributed by atoms with van der Waals surface area (Å²) < 4.78 is 53.2. The Balaban J connectivity index is 0.000000195. The Hall–Kier alpha value is -2.56. The Morgan fingerprint density at radius 1 is 1.34 bits per heavy atom. The largest absolute Gasteiger partial charge is 0.420 e. The molecule has 5 nitrogen and oxygen atoms in total. The second kappa shape index (κ2) is 10.4. The van der Waals surface area contributed by atoms with Crippen molar-refractivity contribution in [1.29, 1.82) is 0 Å². The van der Waals surface area contributed by atoms with Crippen LogP contribution in [0.5, 0.6) is 0 Å². The Labute approximate surface area is 187 Å². The van der Waals surface area contributed by atoms with Crippen LogP contribution in [-0.4, -0.2) is 35.7 Å². The number of hydrogen-bond acceptors (Lipinski definition) is 5. The molecule has 1 unspecified atom stereocenters. The fourth-order valence-electron chi connectivity index (χ4n) is 3.58. The summed E-state index contributed by atoms with van der Waals surface area (Å²) in [5.74, 6) is -0.190. The van der Waals surface area contributed by atoms with Crippen LogP contribution >= 0.6 is 11.3 Å². The van der Waals surface area contributed by atoms with Crippen LogP contribution < -0.4 is 11.1 Å². The third-order valence-corrected chi connectivity index (χ3v) is 6.30. The van der Waals surface area contributed by atoms with Crippen molar-refractivity contribution in [1.82, 2.24) is 15.1 Å². The maximum atomic E-state index is 13.0. The summed E-state index contributed by atoms with van der Waals surface area (Å²) in [7, 11) is 1.86. The zero-order valence-corrected chi connectivity index (χ0v) is 18.3. The first-order valence-corrected chi connectivity index (χ1v) is 10.9. The van der Waals surface area contributed by atoms with Crippen molar-refractivity contribution in [3.05, 3.63) is 63.2 Å². The number of likely N-dealkylation sites (N-methyl/N-ethyl adjacent to an activating group) is 1. The molecule has 0 saturated heterocycles. The monoisotopic (exact) mass is 468 g/mol. The summed E-state index contributed by atoms with van der Waals surface area (Å²) in [6, 6.07) is 8.36. The predicted molar refractivity (Wildman–Crippen MR) is 116 cm³/mol. The van der Waals surface area contributed by atoms with Gasteiger partial charge in [0.15, 0.2) is 6.29 Å². The molecule has 3 N–H and O–H groups in total. The number of aromatic nitrogens is 2. The number of halogens is 4. The second-order valence-electron chi connectivity index (χ2n) is 7.39. The lowest BCUT2D eigenvalue weighted by molar-refractivity contribution is -0.137. The minimum atomic E-state index is -4.43. The van der Waals surface area contributed by atoms with Gasteiger partial charge >= 0.3 is 6.18 Å². The van der Waals surface area contributed by atoms with E-state index in [-0.39, 0.29) is 17.6 Å². The number of carbonyl (C=O) groups is 1. The molecule has 1 aliphatic rings. The van der Waals surface area contributed by atoms with Gasteiger partial charge in [-0.1, -0.05) is 12.1 Å². The molecule has 0 fully saturated rings. The highest BCUT2D eigenvalue weighted by Crippen LogP contribution is 2.42. The van der Waals surface area contributed by atoms with E-state index < -0.39 is 11.7 Å². The zero-order chi connectivity index (χ0) is 23.3. The zero-order valence-electron chi connectivity index (χ0n) is 17.5. The molecule has 2 aromatic heterocycles. The summed E-state index contributed by atoms with van der Waals surface area (Å²) >= 11 is 1.26. The van der Waals surface area contributed by atoms with Gasteiger partial charge in [0.05, 0.1) is 16.8 Å². The summed E-state index contributed by atoms with van der Waals surface area (Å²) in [4.78, 5) is 12.1. The van der Waals surface area contributed by atoms with E-state index in [1.54, 1.807) is 12.1 Å². The fraction of sp³-hybridized carbons (Fsp3) is 0.364. The predicted octanol–water partition coefficient (Wildman–Crippen LogP) is 4.30. The van der Waals surface area contributed by atoms with Gasteiger partial charge in [0, 0.05) is 29.6 Å². The lowest BCUT2D eigenvalue weighted by atomic mass is 10.1. The maximum Gasteiger partial charge on any atom is 0.420 e. The molecule has 172 valence electrons. The topological polar surface area (TPSA) is 72.9 Å². The van der Waals surface area contributed by atoms with Gasteiger partial charge in [-0.05, 0) is 50.1 Å². The smallest absolute Gasteiger partial charge is 0.329 e. The molecule has 1 aromatic carbocycles. The number of benzene rings is 1. The van der Waals surface area contributed by atoms with Crippen LogP contribution in [0.25, 0.3) is 11.3 Å². The Morgan fingerprint density at radius 3 is 2.75 bits per heavy atom. The van der Waals surface area contributed by atoms with E-state index in [9.17, 15) is 22.4 Å². The Kier molecular flexibility index (Phi) is 7.81. The van der Waals surface area contributed by atoms with Crippen molar-refractivity contribution in [2.24, 2.45) is 5.73 Å². The number of fused-ring (bicyclic) bond motifs is 3. The number of nitrogens with one attached hydrogen (secondary N) is 1. The number of aldehydes is 1. The van der Waals surface area contributed by atoms with Crippen LogP contribution in [-0.2, 0) is 25.6 Å². The van der Waals surface area contributed by atoms with E-state index in [2.05, 4.69) is 10.4 Å². The van der Waals surface area contributed by atoms with Crippen molar-refractivity contribution in [2.45, 2.75) is 38.0 Å². The second-order valence-corrected chi connectivity index (χ2v) is 8.56. The molecular formula is C22H24F4N4OS. The SMILES string of the molecule is CNC(CN)Cc1cccc(F)c1.O=Cc1cc2c(s1)CCCn1ncc(C(F)(F)F)c1-2. The number of hydrogen-bond donors (Lipinski definition) is 2. The van der Waals surface area contributed by atoms with Crippen LogP contribution in [0.3, 0.4) is 0 Å². The van der Waals surface area contributed by atoms with E-state index >= 15 is 0 Å². The molecule has 1 aliphatic heterocycles. The molecule has 0 aliphatic carbocycles. The molecule has 1 atom stereocenters. The molecule has 0 bridgehead atoms. The van der Waals surface area contributed by atoms with Crippen molar-refractivity contribution in [3.8, 4) is 11.3 Å². The lowest BCUT2D eigenvalue weighted by Crippen LogP contribution is -2.35. The summed E-state index contributed by atoms with van der Waals surface area (Å²) in [6.07, 6.45) is -0.731. The Morgan fingerprint density at radius 2 is 2.12 bits per heavy atom.